The van der Waals surface area contributed by atoms with E-state index in [1.54, 1.807) is 19.2 Å². The van der Waals surface area contributed by atoms with Crippen molar-refractivity contribution in [2.24, 2.45) is 0 Å². The molecule has 0 bridgehead atoms. The Kier molecular flexibility index (Phi) is 5.32. The lowest BCUT2D eigenvalue weighted by Crippen LogP contribution is -2.32. The van der Waals surface area contributed by atoms with E-state index in [1.165, 1.54) is 0 Å². The standard InChI is InChI=1S/C11H18BNO3/c1-3-13(7-8-16-2)11-6-4-5-10(9-11)12(14)15/h4-6,9,14-15H,3,7-8H2,1-2H3. The minimum Gasteiger partial charge on any atom is -0.423 e. The van der Waals surface area contributed by atoms with Gasteiger partial charge in [-0.15, -0.1) is 0 Å². The second-order valence-electron chi connectivity index (χ2n) is 3.54. The van der Waals surface area contributed by atoms with Gasteiger partial charge in [0.25, 0.3) is 0 Å². The van der Waals surface area contributed by atoms with Crippen LogP contribution in [0.1, 0.15) is 6.92 Å². The van der Waals surface area contributed by atoms with Crippen LogP contribution in [0.15, 0.2) is 24.3 Å². The summed E-state index contributed by atoms with van der Waals surface area (Å²) in [5.41, 5.74) is 1.48. The van der Waals surface area contributed by atoms with Crippen molar-refractivity contribution in [3.8, 4) is 0 Å². The Hall–Kier alpha value is -1.04. The van der Waals surface area contributed by atoms with Crippen LogP contribution in [-0.4, -0.2) is 44.0 Å². The van der Waals surface area contributed by atoms with Gasteiger partial charge in [0.15, 0.2) is 0 Å². The van der Waals surface area contributed by atoms with Gasteiger partial charge in [-0.2, -0.15) is 0 Å². The summed E-state index contributed by atoms with van der Waals surface area (Å²) >= 11 is 0. The van der Waals surface area contributed by atoms with Crippen LogP contribution in [0.4, 0.5) is 5.69 Å². The van der Waals surface area contributed by atoms with Crippen molar-refractivity contribution < 1.29 is 14.8 Å². The molecule has 1 rings (SSSR count). The maximum absolute atomic E-state index is 9.09. The number of benzene rings is 1. The van der Waals surface area contributed by atoms with E-state index < -0.39 is 7.12 Å². The molecule has 0 unspecified atom stereocenters. The van der Waals surface area contributed by atoms with Crippen LogP contribution in [0, 0.1) is 0 Å². The maximum atomic E-state index is 9.09. The second-order valence-corrected chi connectivity index (χ2v) is 3.54. The molecular weight excluding hydrogens is 205 g/mol. The number of ether oxygens (including phenoxy) is 1. The Labute approximate surface area is 96.6 Å². The fourth-order valence-electron chi connectivity index (χ4n) is 1.55. The zero-order valence-corrected chi connectivity index (χ0v) is 9.76. The topological polar surface area (TPSA) is 52.9 Å². The van der Waals surface area contributed by atoms with Crippen LogP contribution in [-0.2, 0) is 4.74 Å². The van der Waals surface area contributed by atoms with Crippen LogP contribution in [0.25, 0.3) is 0 Å². The van der Waals surface area contributed by atoms with Gasteiger partial charge in [-0.25, -0.2) is 0 Å². The smallest absolute Gasteiger partial charge is 0.423 e. The van der Waals surface area contributed by atoms with Crippen molar-refractivity contribution in [1.29, 1.82) is 0 Å². The number of hydrogen-bond donors (Lipinski definition) is 2. The van der Waals surface area contributed by atoms with Crippen LogP contribution >= 0.6 is 0 Å². The van der Waals surface area contributed by atoms with Gasteiger partial charge in [0.1, 0.15) is 0 Å². The average molecular weight is 223 g/mol. The molecule has 0 saturated heterocycles. The molecule has 88 valence electrons. The SMILES string of the molecule is CCN(CCOC)c1cccc(B(O)O)c1. The summed E-state index contributed by atoms with van der Waals surface area (Å²) in [5.74, 6) is 0. The summed E-state index contributed by atoms with van der Waals surface area (Å²) in [4.78, 5) is 2.12. The Morgan fingerprint density at radius 1 is 1.38 bits per heavy atom. The molecule has 0 amide bonds. The molecule has 0 aliphatic carbocycles. The van der Waals surface area contributed by atoms with Gasteiger partial charge in [-0.3, -0.25) is 0 Å². The molecule has 0 aliphatic rings. The molecule has 16 heavy (non-hydrogen) atoms. The van der Waals surface area contributed by atoms with Gasteiger partial charge < -0.3 is 19.7 Å². The van der Waals surface area contributed by atoms with E-state index in [4.69, 9.17) is 14.8 Å². The van der Waals surface area contributed by atoms with Crippen LogP contribution in [0.5, 0.6) is 0 Å². The Balaban J connectivity index is 2.79. The lowest BCUT2D eigenvalue weighted by Gasteiger charge is -2.23. The molecule has 2 N–H and O–H groups in total. The van der Waals surface area contributed by atoms with Crippen molar-refractivity contribution in [2.75, 3.05) is 31.7 Å². The fraction of sp³-hybridized carbons (Fsp3) is 0.455. The number of anilines is 1. The minimum atomic E-state index is -1.42. The molecule has 0 spiro atoms. The first-order valence-corrected chi connectivity index (χ1v) is 5.39. The third-order valence-electron chi connectivity index (χ3n) is 2.48. The van der Waals surface area contributed by atoms with E-state index in [0.717, 1.165) is 18.8 Å². The average Bonchev–Trinajstić information content (AvgIpc) is 2.30. The van der Waals surface area contributed by atoms with Crippen molar-refractivity contribution >= 4 is 18.3 Å². The summed E-state index contributed by atoms with van der Waals surface area (Å²) in [7, 11) is 0.253. The molecule has 1 aromatic carbocycles. The van der Waals surface area contributed by atoms with Crippen LogP contribution in [0.2, 0.25) is 0 Å². The molecule has 1 aromatic rings. The van der Waals surface area contributed by atoms with Gasteiger partial charge in [0, 0.05) is 25.9 Å². The molecule has 0 atom stereocenters. The summed E-state index contributed by atoms with van der Waals surface area (Å²) < 4.78 is 5.03. The van der Waals surface area contributed by atoms with Gasteiger partial charge >= 0.3 is 7.12 Å². The van der Waals surface area contributed by atoms with E-state index in [0.29, 0.717) is 12.1 Å². The number of hydrogen-bond acceptors (Lipinski definition) is 4. The Bertz CT molecular complexity index is 320. The summed E-state index contributed by atoms with van der Waals surface area (Å²) in [5, 5.41) is 18.2. The third-order valence-corrected chi connectivity index (χ3v) is 2.48. The molecule has 5 heteroatoms. The van der Waals surface area contributed by atoms with E-state index in [9.17, 15) is 0 Å². The lowest BCUT2D eigenvalue weighted by molar-refractivity contribution is 0.205. The number of methoxy groups -OCH3 is 1. The van der Waals surface area contributed by atoms with E-state index in [2.05, 4.69) is 11.8 Å². The van der Waals surface area contributed by atoms with Crippen LogP contribution < -0.4 is 10.4 Å². The number of nitrogens with zero attached hydrogens (tertiary/aromatic N) is 1. The fourth-order valence-corrected chi connectivity index (χ4v) is 1.55. The molecule has 4 nitrogen and oxygen atoms in total. The zero-order chi connectivity index (χ0) is 12.0. The molecule has 0 fully saturated rings. The van der Waals surface area contributed by atoms with Gasteiger partial charge in [-0.05, 0) is 24.5 Å². The van der Waals surface area contributed by atoms with Crippen LogP contribution in [0.3, 0.4) is 0 Å². The van der Waals surface area contributed by atoms with Crippen molar-refractivity contribution in [2.45, 2.75) is 6.92 Å². The zero-order valence-electron chi connectivity index (χ0n) is 9.76. The predicted octanol–water partition coefficient (Wildman–Crippen LogP) is -0.161. The van der Waals surface area contributed by atoms with Crippen molar-refractivity contribution in [3.63, 3.8) is 0 Å². The van der Waals surface area contributed by atoms with Crippen molar-refractivity contribution in [1.82, 2.24) is 0 Å². The molecule has 0 saturated carbocycles. The number of likely N-dealkylation sites (N-methyl/N-ethyl adjacent to an activating group) is 1. The quantitative estimate of drug-likeness (QED) is 0.658. The highest BCUT2D eigenvalue weighted by atomic mass is 16.5. The van der Waals surface area contributed by atoms with E-state index in [-0.39, 0.29) is 0 Å². The van der Waals surface area contributed by atoms with Crippen molar-refractivity contribution in [3.05, 3.63) is 24.3 Å². The predicted molar refractivity (Wildman–Crippen MR) is 66.0 cm³/mol. The van der Waals surface area contributed by atoms with E-state index in [1.807, 2.05) is 12.1 Å². The van der Waals surface area contributed by atoms with E-state index >= 15 is 0 Å². The lowest BCUT2D eigenvalue weighted by atomic mass is 9.80. The first-order valence-electron chi connectivity index (χ1n) is 5.39. The first-order chi connectivity index (χ1) is 7.69. The van der Waals surface area contributed by atoms with Gasteiger partial charge in [0.05, 0.1) is 6.61 Å². The maximum Gasteiger partial charge on any atom is 0.488 e. The molecule has 0 aromatic heterocycles. The Morgan fingerprint density at radius 2 is 2.12 bits per heavy atom. The minimum absolute atomic E-state index is 0.508. The highest BCUT2D eigenvalue weighted by molar-refractivity contribution is 6.58. The summed E-state index contributed by atoms with van der Waals surface area (Å²) in [6.45, 7) is 4.35. The second kappa shape index (κ2) is 6.53. The highest BCUT2D eigenvalue weighted by Crippen LogP contribution is 2.11. The molecular formula is C11H18BNO3. The van der Waals surface area contributed by atoms with Gasteiger partial charge in [-0.1, -0.05) is 12.1 Å². The molecule has 0 radical (unpaired) electrons. The molecule has 0 heterocycles. The Morgan fingerprint density at radius 3 is 2.69 bits per heavy atom. The largest absolute Gasteiger partial charge is 0.488 e. The summed E-state index contributed by atoms with van der Waals surface area (Å²) in [6.07, 6.45) is 0. The molecule has 0 aliphatic heterocycles. The monoisotopic (exact) mass is 223 g/mol. The normalized spacial score (nSPS) is 10.2. The number of rotatable bonds is 6. The van der Waals surface area contributed by atoms with Gasteiger partial charge in [0.2, 0.25) is 0 Å². The first kappa shape index (κ1) is 13.0. The highest BCUT2D eigenvalue weighted by Gasteiger charge is 2.12. The summed E-state index contributed by atoms with van der Waals surface area (Å²) in [6, 6.07) is 7.24. The third kappa shape index (κ3) is 3.52.